The van der Waals surface area contributed by atoms with Gasteiger partial charge in [-0.05, 0) is 37.6 Å². The monoisotopic (exact) mass is 225 g/mol. The Labute approximate surface area is 94.5 Å². The number of aliphatic hydroxyl groups excluding tert-OH is 1. The van der Waals surface area contributed by atoms with E-state index in [2.05, 4.69) is 0 Å². The number of amides is 1. The van der Waals surface area contributed by atoms with Crippen LogP contribution in [0.1, 0.15) is 22.8 Å². The minimum absolute atomic E-state index is 0.210. The molecule has 4 heteroatoms. The summed E-state index contributed by atoms with van der Waals surface area (Å²) in [4.78, 5) is 13.3. The fourth-order valence-electron chi connectivity index (χ4n) is 1.55. The lowest BCUT2D eigenvalue weighted by Gasteiger charge is -2.19. The Morgan fingerprint density at radius 3 is 2.69 bits per heavy atom. The Morgan fingerprint density at radius 2 is 2.19 bits per heavy atom. The molecule has 1 amide bonds. The van der Waals surface area contributed by atoms with E-state index in [4.69, 9.17) is 0 Å². The molecule has 0 aliphatic heterocycles. The highest BCUT2D eigenvalue weighted by Crippen LogP contribution is 2.12. The van der Waals surface area contributed by atoms with Crippen molar-refractivity contribution in [3.8, 4) is 0 Å². The fourth-order valence-corrected chi connectivity index (χ4v) is 1.55. The minimum Gasteiger partial charge on any atom is -0.392 e. The zero-order valence-corrected chi connectivity index (χ0v) is 9.70. The van der Waals surface area contributed by atoms with Crippen molar-refractivity contribution < 1.29 is 14.3 Å². The van der Waals surface area contributed by atoms with Crippen LogP contribution >= 0.6 is 0 Å². The average Bonchev–Trinajstić information content (AvgIpc) is 2.15. The molecule has 1 aromatic rings. The molecule has 88 valence electrons. The molecule has 0 saturated heterocycles. The molecular formula is C12H16FNO2. The molecule has 0 aliphatic rings. The molecular weight excluding hydrogens is 209 g/mol. The second-order valence-electron chi connectivity index (χ2n) is 3.99. The maximum absolute atomic E-state index is 12.9. The van der Waals surface area contributed by atoms with Crippen LogP contribution in [-0.4, -0.2) is 35.6 Å². The summed E-state index contributed by atoms with van der Waals surface area (Å²) in [7, 11) is 1.61. The third-order valence-corrected chi connectivity index (χ3v) is 2.30. The number of likely N-dealkylation sites (N-methyl/N-ethyl adjacent to an activating group) is 1. The molecule has 0 bridgehead atoms. The maximum Gasteiger partial charge on any atom is 0.253 e. The van der Waals surface area contributed by atoms with Crippen LogP contribution in [0.15, 0.2) is 18.2 Å². The van der Waals surface area contributed by atoms with Gasteiger partial charge in [-0.3, -0.25) is 4.79 Å². The number of nitrogens with zero attached hydrogens (tertiary/aromatic N) is 1. The Kier molecular flexibility index (Phi) is 4.01. The number of aliphatic hydroxyl groups is 1. The highest BCUT2D eigenvalue weighted by Gasteiger charge is 2.15. The van der Waals surface area contributed by atoms with Gasteiger partial charge in [0.2, 0.25) is 0 Å². The van der Waals surface area contributed by atoms with E-state index >= 15 is 0 Å². The summed E-state index contributed by atoms with van der Waals surface area (Å²) in [5, 5.41) is 9.18. The van der Waals surface area contributed by atoms with Gasteiger partial charge in [0.15, 0.2) is 0 Å². The van der Waals surface area contributed by atoms with Crippen molar-refractivity contribution in [2.24, 2.45) is 0 Å². The second-order valence-corrected chi connectivity index (χ2v) is 3.99. The summed E-state index contributed by atoms with van der Waals surface area (Å²) in [6, 6.07) is 4.05. The number of hydrogen-bond acceptors (Lipinski definition) is 2. The van der Waals surface area contributed by atoms with Crippen LogP contribution in [0.25, 0.3) is 0 Å². The molecule has 0 aliphatic carbocycles. The van der Waals surface area contributed by atoms with Gasteiger partial charge in [0.1, 0.15) is 5.82 Å². The molecule has 0 saturated carbocycles. The molecule has 1 N–H and O–H groups in total. The SMILES string of the molecule is Cc1cc(F)ccc1C(=O)N(C)CC(C)O. The number of halogens is 1. The van der Waals surface area contributed by atoms with Crippen molar-refractivity contribution in [3.63, 3.8) is 0 Å². The van der Waals surface area contributed by atoms with E-state index in [1.54, 1.807) is 20.9 Å². The number of carbonyl (C=O) groups excluding carboxylic acids is 1. The first-order valence-corrected chi connectivity index (χ1v) is 5.11. The number of rotatable bonds is 3. The lowest BCUT2D eigenvalue weighted by molar-refractivity contribution is 0.0703. The molecule has 0 radical (unpaired) electrons. The molecule has 1 rings (SSSR count). The molecule has 0 spiro atoms. The summed E-state index contributed by atoms with van der Waals surface area (Å²) >= 11 is 0. The highest BCUT2D eigenvalue weighted by molar-refractivity contribution is 5.95. The largest absolute Gasteiger partial charge is 0.392 e. The Morgan fingerprint density at radius 1 is 1.56 bits per heavy atom. The smallest absolute Gasteiger partial charge is 0.253 e. The van der Waals surface area contributed by atoms with E-state index in [-0.39, 0.29) is 18.3 Å². The first-order chi connectivity index (χ1) is 7.41. The Balaban J connectivity index is 2.88. The number of carbonyl (C=O) groups is 1. The zero-order chi connectivity index (χ0) is 12.3. The van der Waals surface area contributed by atoms with Gasteiger partial charge >= 0.3 is 0 Å². The molecule has 0 fully saturated rings. The number of hydrogen-bond donors (Lipinski definition) is 1. The predicted molar refractivity (Wildman–Crippen MR) is 59.8 cm³/mol. The quantitative estimate of drug-likeness (QED) is 0.848. The summed E-state index contributed by atoms with van der Waals surface area (Å²) in [5.74, 6) is -0.564. The minimum atomic E-state index is -0.574. The fraction of sp³-hybridized carbons (Fsp3) is 0.417. The van der Waals surface area contributed by atoms with Crippen molar-refractivity contribution in [2.45, 2.75) is 20.0 Å². The van der Waals surface area contributed by atoms with E-state index in [1.165, 1.54) is 23.1 Å². The van der Waals surface area contributed by atoms with Crippen LogP contribution in [0.2, 0.25) is 0 Å². The lowest BCUT2D eigenvalue weighted by atomic mass is 10.1. The lowest BCUT2D eigenvalue weighted by Crippen LogP contribution is -2.33. The second kappa shape index (κ2) is 5.07. The Bertz CT molecular complexity index is 391. The maximum atomic E-state index is 12.9. The van der Waals surface area contributed by atoms with Crippen molar-refractivity contribution in [3.05, 3.63) is 35.1 Å². The van der Waals surface area contributed by atoms with E-state index in [0.29, 0.717) is 11.1 Å². The molecule has 0 heterocycles. The van der Waals surface area contributed by atoms with Crippen LogP contribution in [0.4, 0.5) is 4.39 Å². The van der Waals surface area contributed by atoms with Crippen molar-refractivity contribution in [1.29, 1.82) is 0 Å². The van der Waals surface area contributed by atoms with Crippen LogP contribution in [0.5, 0.6) is 0 Å². The van der Waals surface area contributed by atoms with Gasteiger partial charge in [-0.2, -0.15) is 0 Å². The van der Waals surface area contributed by atoms with Gasteiger partial charge in [-0.15, -0.1) is 0 Å². The van der Waals surface area contributed by atoms with E-state index in [1.807, 2.05) is 0 Å². The molecule has 1 aromatic carbocycles. The van der Waals surface area contributed by atoms with E-state index in [0.717, 1.165) is 0 Å². The molecule has 16 heavy (non-hydrogen) atoms. The zero-order valence-electron chi connectivity index (χ0n) is 9.70. The molecule has 1 atom stereocenters. The highest BCUT2D eigenvalue weighted by atomic mass is 19.1. The molecule has 0 aromatic heterocycles. The van der Waals surface area contributed by atoms with Crippen LogP contribution in [0.3, 0.4) is 0 Å². The Hall–Kier alpha value is -1.42. The topological polar surface area (TPSA) is 40.5 Å². The average molecular weight is 225 g/mol. The first kappa shape index (κ1) is 12.6. The van der Waals surface area contributed by atoms with Gasteiger partial charge in [0.25, 0.3) is 5.91 Å². The van der Waals surface area contributed by atoms with Gasteiger partial charge in [0.05, 0.1) is 6.10 Å². The molecule has 3 nitrogen and oxygen atoms in total. The van der Waals surface area contributed by atoms with Crippen LogP contribution in [-0.2, 0) is 0 Å². The van der Waals surface area contributed by atoms with Crippen molar-refractivity contribution in [2.75, 3.05) is 13.6 Å². The molecule has 1 unspecified atom stereocenters. The standard InChI is InChI=1S/C12H16FNO2/c1-8-6-10(13)4-5-11(8)12(16)14(3)7-9(2)15/h4-6,9,15H,7H2,1-3H3. The predicted octanol–water partition coefficient (Wildman–Crippen LogP) is 1.59. The summed E-state index contributed by atoms with van der Waals surface area (Å²) in [5.41, 5.74) is 1.06. The summed E-state index contributed by atoms with van der Waals surface area (Å²) in [6.45, 7) is 3.56. The van der Waals surface area contributed by atoms with Gasteiger partial charge < -0.3 is 10.0 Å². The third kappa shape index (κ3) is 3.03. The van der Waals surface area contributed by atoms with Gasteiger partial charge in [0, 0.05) is 19.2 Å². The number of aryl methyl sites for hydroxylation is 1. The van der Waals surface area contributed by atoms with E-state index < -0.39 is 6.10 Å². The van der Waals surface area contributed by atoms with Gasteiger partial charge in [-0.25, -0.2) is 4.39 Å². The van der Waals surface area contributed by atoms with Crippen molar-refractivity contribution in [1.82, 2.24) is 4.90 Å². The third-order valence-electron chi connectivity index (χ3n) is 2.30. The normalized spacial score (nSPS) is 12.3. The van der Waals surface area contributed by atoms with Gasteiger partial charge in [-0.1, -0.05) is 0 Å². The van der Waals surface area contributed by atoms with E-state index in [9.17, 15) is 14.3 Å². The van der Waals surface area contributed by atoms with Crippen LogP contribution < -0.4 is 0 Å². The van der Waals surface area contributed by atoms with Crippen molar-refractivity contribution >= 4 is 5.91 Å². The summed E-state index contributed by atoms with van der Waals surface area (Å²) in [6.07, 6.45) is -0.574. The van der Waals surface area contributed by atoms with Crippen LogP contribution in [0, 0.1) is 12.7 Å². The first-order valence-electron chi connectivity index (χ1n) is 5.11. The summed E-state index contributed by atoms with van der Waals surface area (Å²) < 4.78 is 12.9. The number of benzene rings is 1.